The smallest absolute Gasteiger partial charge is 0.338 e. The summed E-state index contributed by atoms with van der Waals surface area (Å²) in [6.45, 7) is -0.947. The standard InChI is InChI=1S/C15H13F3N2O6/c1-26-15(25)7-5-20(2-3-21)13(22)11(7)19-12-9(17)6(14(23)24)4-8(16)10(12)18/h4,19,21H,2-3,5H2,1H3,(H,23,24). The number of carboxylic acids is 1. The molecule has 1 amide bonds. The van der Waals surface area contributed by atoms with Crippen molar-refractivity contribution in [3.8, 4) is 0 Å². The highest BCUT2D eigenvalue weighted by atomic mass is 19.2. The molecule has 0 bridgehead atoms. The highest BCUT2D eigenvalue weighted by Crippen LogP contribution is 2.29. The molecule has 0 radical (unpaired) electrons. The van der Waals surface area contributed by atoms with Crippen LogP contribution in [0.5, 0.6) is 0 Å². The Morgan fingerprint density at radius 1 is 1.31 bits per heavy atom. The maximum absolute atomic E-state index is 14.2. The Bertz CT molecular complexity index is 824. The Morgan fingerprint density at radius 2 is 1.96 bits per heavy atom. The number of nitrogens with zero attached hydrogens (tertiary/aromatic N) is 1. The minimum absolute atomic E-state index is 0.155. The van der Waals surface area contributed by atoms with Crippen LogP contribution in [0.1, 0.15) is 10.4 Å². The quantitative estimate of drug-likeness (QED) is 0.490. The lowest BCUT2D eigenvalue weighted by atomic mass is 10.1. The number of amides is 1. The lowest BCUT2D eigenvalue weighted by molar-refractivity contribution is -0.136. The molecule has 140 valence electrons. The second-order valence-corrected chi connectivity index (χ2v) is 5.13. The number of rotatable bonds is 6. The minimum Gasteiger partial charge on any atom is -0.478 e. The Kier molecular flexibility index (Phi) is 5.50. The van der Waals surface area contributed by atoms with E-state index in [2.05, 4.69) is 4.74 Å². The summed E-state index contributed by atoms with van der Waals surface area (Å²) in [6, 6.07) is 0.155. The lowest BCUT2D eigenvalue weighted by Crippen LogP contribution is -2.31. The maximum atomic E-state index is 14.2. The number of aliphatic hydroxyl groups excluding tert-OH is 1. The number of hydrogen-bond donors (Lipinski definition) is 3. The highest BCUT2D eigenvalue weighted by Gasteiger charge is 2.36. The first-order valence-corrected chi connectivity index (χ1v) is 7.12. The molecule has 0 atom stereocenters. The van der Waals surface area contributed by atoms with E-state index in [0.29, 0.717) is 0 Å². The van der Waals surface area contributed by atoms with Crippen LogP contribution in [0, 0.1) is 17.5 Å². The molecule has 0 unspecified atom stereocenters. The Labute approximate surface area is 144 Å². The van der Waals surface area contributed by atoms with Gasteiger partial charge in [-0.2, -0.15) is 0 Å². The van der Waals surface area contributed by atoms with Crippen molar-refractivity contribution in [3.05, 3.63) is 40.4 Å². The van der Waals surface area contributed by atoms with Gasteiger partial charge in [-0.25, -0.2) is 22.8 Å². The van der Waals surface area contributed by atoms with E-state index in [1.165, 1.54) is 0 Å². The molecular weight excluding hydrogens is 361 g/mol. The number of anilines is 1. The van der Waals surface area contributed by atoms with Crippen molar-refractivity contribution in [2.24, 2.45) is 0 Å². The summed E-state index contributed by atoms with van der Waals surface area (Å²) in [6.07, 6.45) is 0. The fourth-order valence-corrected chi connectivity index (χ4v) is 2.34. The zero-order valence-electron chi connectivity index (χ0n) is 13.3. The first-order chi connectivity index (χ1) is 12.2. The number of aromatic carboxylic acids is 1. The van der Waals surface area contributed by atoms with Gasteiger partial charge in [0.1, 0.15) is 16.9 Å². The number of esters is 1. The van der Waals surface area contributed by atoms with Crippen LogP contribution in [0.3, 0.4) is 0 Å². The SMILES string of the molecule is COC(=O)C1=C(Nc2c(F)c(F)cc(C(=O)O)c2F)C(=O)N(CCO)C1. The van der Waals surface area contributed by atoms with E-state index in [9.17, 15) is 27.6 Å². The van der Waals surface area contributed by atoms with E-state index in [4.69, 9.17) is 10.2 Å². The van der Waals surface area contributed by atoms with Gasteiger partial charge in [-0.3, -0.25) is 4.79 Å². The number of carboxylic acid groups (broad SMARTS) is 1. The van der Waals surface area contributed by atoms with Gasteiger partial charge in [-0.15, -0.1) is 0 Å². The molecule has 1 aromatic rings. The number of nitrogens with one attached hydrogen (secondary N) is 1. The molecule has 11 heteroatoms. The average Bonchev–Trinajstić information content (AvgIpc) is 2.90. The van der Waals surface area contributed by atoms with Crippen molar-refractivity contribution in [2.45, 2.75) is 0 Å². The summed E-state index contributed by atoms with van der Waals surface area (Å²) in [5, 5.41) is 19.8. The Morgan fingerprint density at radius 3 is 2.50 bits per heavy atom. The van der Waals surface area contributed by atoms with Crippen molar-refractivity contribution in [1.29, 1.82) is 0 Å². The van der Waals surface area contributed by atoms with Gasteiger partial charge in [0.05, 0.1) is 25.8 Å². The summed E-state index contributed by atoms with van der Waals surface area (Å²) < 4.78 is 46.3. The number of carbonyl (C=O) groups is 3. The molecule has 1 aliphatic rings. The van der Waals surface area contributed by atoms with Crippen LogP contribution in [-0.4, -0.2) is 59.8 Å². The maximum Gasteiger partial charge on any atom is 0.338 e. The van der Waals surface area contributed by atoms with Crippen molar-refractivity contribution in [3.63, 3.8) is 0 Å². The molecule has 26 heavy (non-hydrogen) atoms. The molecule has 2 rings (SSSR count). The summed E-state index contributed by atoms with van der Waals surface area (Å²) in [5.41, 5.74) is -3.32. The molecule has 1 heterocycles. The van der Waals surface area contributed by atoms with Crippen LogP contribution in [0.15, 0.2) is 17.3 Å². The number of carbonyl (C=O) groups excluding carboxylic acids is 2. The van der Waals surface area contributed by atoms with Gasteiger partial charge in [0.25, 0.3) is 5.91 Å². The molecule has 0 fully saturated rings. The number of β-amino-alcohol motifs (C(OH)–C–C–N with tert-alkyl or cyclic N) is 1. The molecule has 0 aliphatic carbocycles. The monoisotopic (exact) mass is 374 g/mol. The third kappa shape index (κ3) is 3.33. The van der Waals surface area contributed by atoms with Gasteiger partial charge in [0, 0.05) is 6.54 Å². The summed E-state index contributed by atoms with van der Waals surface area (Å²) in [5.74, 6) is -8.83. The fourth-order valence-electron chi connectivity index (χ4n) is 2.34. The van der Waals surface area contributed by atoms with Gasteiger partial charge >= 0.3 is 11.9 Å². The second kappa shape index (κ2) is 7.44. The Hall–Kier alpha value is -3.08. The summed E-state index contributed by atoms with van der Waals surface area (Å²) in [7, 11) is 1.01. The molecule has 3 N–H and O–H groups in total. The first kappa shape index (κ1) is 19.2. The zero-order valence-corrected chi connectivity index (χ0v) is 13.3. The molecule has 0 saturated carbocycles. The summed E-state index contributed by atoms with van der Waals surface area (Å²) in [4.78, 5) is 36.0. The third-order valence-electron chi connectivity index (χ3n) is 3.59. The topological polar surface area (TPSA) is 116 Å². The number of halogens is 3. The molecule has 1 aliphatic heterocycles. The van der Waals surface area contributed by atoms with Crippen LogP contribution < -0.4 is 5.32 Å². The van der Waals surface area contributed by atoms with E-state index in [0.717, 1.165) is 12.0 Å². The predicted molar refractivity (Wildman–Crippen MR) is 79.6 cm³/mol. The first-order valence-electron chi connectivity index (χ1n) is 7.12. The van der Waals surface area contributed by atoms with Crippen LogP contribution in [-0.2, 0) is 14.3 Å². The van der Waals surface area contributed by atoms with E-state index < -0.39 is 58.9 Å². The normalized spacial score (nSPS) is 14.0. The molecular formula is C15H13F3N2O6. The number of aliphatic hydroxyl groups is 1. The molecule has 0 saturated heterocycles. The molecule has 0 spiro atoms. The zero-order chi connectivity index (χ0) is 19.6. The lowest BCUT2D eigenvalue weighted by Gasteiger charge is -2.15. The third-order valence-corrected chi connectivity index (χ3v) is 3.59. The van der Waals surface area contributed by atoms with E-state index in [-0.39, 0.29) is 24.7 Å². The average molecular weight is 374 g/mol. The van der Waals surface area contributed by atoms with Crippen molar-refractivity contribution >= 4 is 23.5 Å². The van der Waals surface area contributed by atoms with Gasteiger partial charge in [0.15, 0.2) is 17.5 Å². The van der Waals surface area contributed by atoms with E-state index in [1.54, 1.807) is 0 Å². The van der Waals surface area contributed by atoms with Gasteiger partial charge in [-0.1, -0.05) is 0 Å². The van der Waals surface area contributed by atoms with E-state index >= 15 is 0 Å². The van der Waals surface area contributed by atoms with Crippen LogP contribution in [0.25, 0.3) is 0 Å². The van der Waals surface area contributed by atoms with Crippen molar-refractivity contribution < 1.29 is 42.5 Å². The molecule has 8 nitrogen and oxygen atoms in total. The Balaban J connectivity index is 2.55. The minimum atomic E-state index is -1.86. The largest absolute Gasteiger partial charge is 0.478 e. The van der Waals surface area contributed by atoms with Gasteiger partial charge in [0.2, 0.25) is 0 Å². The van der Waals surface area contributed by atoms with Crippen molar-refractivity contribution in [1.82, 2.24) is 4.90 Å². The fraction of sp³-hybridized carbons (Fsp3) is 0.267. The van der Waals surface area contributed by atoms with Crippen LogP contribution >= 0.6 is 0 Å². The second-order valence-electron chi connectivity index (χ2n) is 5.13. The van der Waals surface area contributed by atoms with Crippen LogP contribution in [0.4, 0.5) is 18.9 Å². The molecule has 1 aromatic carbocycles. The van der Waals surface area contributed by atoms with E-state index in [1.807, 2.05) is 5.32 Å². The summed E-state index contributed by atoms with van der Waals surface area (Å²) >= 11 is 0. The number of benzene rings is 1. The number of hydrogen-bond acceptors (Lipinski definition) is 6. The highest BCUT2D eigenvalue weighted by molar-refractivity contribution is 6.08. The molecule has 0 aromatic heterocycles. The number of methoxy groups -OCH3 is 1. The van der Waals surface area contributed by atoms with Gasteiger partial charge < -0.3 is 25.2 Å². The number of ether oxygens (including phenoxy) is 1. The van der Waals surface area contributed by atoms with Crippen molar-refractivity contribution in [2.75, 3.05) is 32.1 Å². The van der Waals surface area contributed by atoms with Gasteiger partial charge in [-0.05, 0) is 6.07 Å². The predicted octanol–water partition coefficient (Wildman–Crippen LogP) is 0.476. The van der Waals surface area contributed by atoms with Crippen LogP contribution in [0.2, 0.25) is 0 Å².